The number of aryl methyl sites for hydroxylation is 1. The zero-order valence-electron chi connectivity index (χ0n) is 32.8. The number of carbonyl (C=O) groups excluding carboxylic acids is 1. The minimum atomic E-state index is -0.980. The number of amides is 1. The average molecular weight is 789 g/mol. The van der Waals surface area contributed by atoms with Crippen molar-refractivity contribution in [2.75, 3.05) is 50.0 Å². The van der Waals surface area contributed by atoms with Crippen molar-refractivity contribution in [1.29, 1.82) is 5.26 Å². The molecule has 4 N–H and O–H groups in total. The molecule has 7 rings (SSSR count). The minimum Gasteiger partial charge on any atom is -0.480 e. The van der Waals surface area contributed by atoms with Crippen LogP contribution in [0.25, 0.3) is 0 Å². The number of amidine groups is 1. The van der Waals surface area contributed by atoms with Crippen molar-refractivity contribution in [2.24, 2.45) is 10.9 Å². The summed E-state index contributed by atoms with van der Waals surface area (Å²) in [4.78, 5) is 53.3. The van der Waals surface area contributed by atoms with E-state index in [1.54, 1.807) is 12.3 Å². The van der Waals surface area contributed by atoms with E-state index in [0.29, 0.717) is 65.7 Å². The van der Waals surface area contributed by atoms with Gasteiger partial charge < -0.3 is 34.8 Å². The van der Waals surface area contributed by atoms with Gasteiger partial charge in [0.1, 0.15) is 28.7 Å². The third-order valence-electron chi connectivity index (χ3n) is 12.0. The number of aliphatic carboxylic acids is 1. The number of nitrogens with one attached hydrogen (secondary N) is 1. The van der Waals surface area contributed by atoms with Crippen molar-refractivity contribution < 1.29 is 28.8 Å². The molecule has 4 aliphatic rings. The Hall–Kier alpha value is -4.79. The average Bonchev–Trinajstić information content (AvgIpc) is 3.97. The first-order chi connectivity index (χ1) is 26.8. The first-order valence-corrected chi connectivity index (χ1v) is 20.5. The van der Waals surface area contributed by atoms with Crippen LogP contribution < -0.4 is 20.9 Å². The summed E-state index contributed by atoms with van der Waals surface area (Å²) >= 11 is 1.49. The second-order valence-corrected chi connectivity index (χ2v) is 17.2. The van der Waals surface area contributed by atoms with E-state index in [9.17, 15) is 20.0 Å². The van der Waals surface area contributed by atoms with E-state index in [2.05, 4.69) is 45.3 Å². The van der Waals surface area contributed by atoms with Crippen LogP contribution in [0.4, 0.5) is 10.9 Å². The van der Waals surface area contributed by atoms with E-state index >= 15 is 0 Å². The van der Waals surface area contributed by atoms with Crippen LogP contribution in [0, 0.1) is 17.2 Å². The van der Waals surface area contributed by atoms with Gasteiger partial charge in [-0.3, -0.25) is 4.79 Å². The first-order valence-electron chi connectivity index (χ1n) is 19.6. The number of hydroxylamine groups is 1. The van der Waals surface area contributed by atoms with Crippen LogP contribution in [0.15, 0.2) is 27.8 Å². The van der Waals surface area contributed by atoms with Crippen molar-refractivity contribution in [3.63, 3.8) is 0 Å². The van der Waals surface area contributed by atoms with Gasteiger partial charge in [0, 0.05) is 54.8 Å². The van der Waals surface area contributed by atoms with Crippen molar-refractivity contribution in [1.82, 2.24) is 30.4 Å². The van der Waals surface area contributed by atoms with Crippen molar-refractivity contribution in [2.45, 2.75) is 109 Å². The Bertz CT molecular complexity index is 2010. The smallest absolute Gasteiger partial charge is 0.326 e. The monoisotopic (exact) mass is 788 g/mol. The molecule has 3 aromatic rings. The molecular weight excluding hydrogens is 737 g/mol. The maximum Gasteiger partial charge on any atom is 0.326 e. The number of carboxylic acid groups (broad SMARTS) is 1. The summed E-state index contributed by atoms with van der Waals surface area (Å²) in [7, 11) is 0. The molecule has 2 saturated heterocycles. The molecule has 300 valence electrons. The Kier molecular flexibility index (Phi) is 11.3. The van der Waals surface area contributed by atoms with Gasteiger partial charge in [-0.05, 0) is 88.0 Å². The lowest BCUT2D eigenvalue weighted by Gasteiger charge is -2.43. The summed E-state index contributed by atoms with van der Waals surface area (Å²) in [5.74, 6) is -0.124. The molecule has 17 heteroatoms. The number of nitrogens with two attached hydrogens (primary N) is 1. The molecule has 3 aromatic heterocycles. The molecule has 56 heavy (non-hydrogen) atoms. The summed E-state index contributed by atoms with van der Waals surface area (Å²) < 4.78 is 11.5. The number of hydrogen-bond donors (Lipinski definition) is 3. The number of rotatable bonds is 12. The molecule has 16 nitrogen and oxygen atoms in total. The maximum absolute atomic E-state index is 13.4. The Labute approximate surface area is 331 Å². The molecule has 0 aromatic carbocycles. The van der Waals surface area contributed by atoms with Crippen LogP contribution in [0.1, 0.15) is 107 Å². The number of fused-ring (bicyclic) bond motifs is 1. The maximum atomic E-state index is 13.4. The molecule has 0 radical (unpaired) electrons. The Morgan fingerprint density at radius 2 is 2.05 bits per heavy atom. The van der Waals surface area contributed by atoms with Gasteiger partial charge in [-0.1, -0.05) is 20.8 Å². The number of nitrogens with zero attached hydrogens (tertiary/aromatic N) is 8. The van der Waals surface area contributed by atoms with Gasteiger partial charge >= 0.3 is 5.97 Å². The van der Waals surface area contributed by atoms with Crippen molar-refractivity contribution in [3.8, 4) is 11.9 Å². The Morgan fingerprint density at radius 1 is 1.23 bits per heavy atom. The van der Waals surface area contributed by atoms with E-state index in [-0.39, 0.29) is 17.9 Å². The number of aromatic nitrogens is 3. The second kappa shape index (κ2) is 16.0. The fourth-order valence-corrected chi connectivity index (χ4v) is 10.0. The standard InChI is InChI=1S/C39H52N10O6S/c1-23(2)31(35(50)49-17-7-10-27(49)36(51)52)28-20-30(45-54-28)53-19-9-16-47-15-8-18-48(24(3)22-47)37-42-14-12-26(43-37)34-44-39(5,55-46-34)38(4)13-6-11-29-32(38)25(21-40)33(41)56-29/h12,14,20,23-24,27,31H,6-11,13,15-19,22,41H2,1-5H3,(H,44,46)(H,51,52)/t24-,27-,31?,38-,39?/m0/s1. The lowest BCUT2D eigenvalue weighted by atomic mass is 9.66. The molecule has 0 saturated carbocycles. The number of nitrogen functional groups attached to an aromatic ring is 1. The molecule has 6 heterocycles. The van der Waals surface area contributed by atoms with Crippen molar-refractivity contribution >= 4 is 40.0 Å². The third-order valence-corrected chi connectivity index (χ3v) is 13.0. The van der Waals surface area contributed by atoms with E-state index in [1.165, 1.54) is 16.2 Å². The summed E-state index contributed by atoms with van der Waals surface area (Å²) in [5, 5.41) is 24.2. The van der Waals surface area contributed by atoms with E-state index < -0.39 is 29.1 Å². The first kappa shape index (κ1) is 39.4. The number of ether oxygens (including phenoxy) is 1. The van der Waals surface area contributed by atoms with Crippen LogP contribution in [-0.2, 0) is 26.3 Å². The van der Waals surface area contributed by atoms with Gasteiger partial charge in [-0.2, -0.15) is 5.26 Å². The number of nitriles is 1. The number of anilines is 2. The van der Waals surface area contributed by atoms with Gasteiger partial charge in [-0.15, -0.1) is 11.3 Å². The minimum absolute atomic E-state index is 0.112. The molecule has 1 aliphatic carbocycles. The normalized spacial score (nSPS) is 26.0. The highest BCUT2D eigenvalue weighted by Gasteiger charge is 2.54. The Balaban J connectivity index is 0.944. The van der Waals surface area contributed by atoms with Gasteiger partial charge in [0.25, 0.3) is 5.88 Å². The molecule has 0 spiro atoms. The molecular formula is C39H52N10O6S. The second-order valence-electron chi connectivity index (χ2n) is 16.0. The van der Waals surface area contributed by atoms with Crippen LogP contribution in [-0.4, -0.2) is 105 Å². The van der Waals surface area contributed by atoms with Crippen molar-refractivity contribution in [3.05, 3.63) is 45.8 Å². The van der Waals surface area contributed by atoms with Crippen LogP contribution in [0.3, 0.4) is 0 Å². The summed E-state index contributed by atoms with van der Waals surface area (Å²) in [6.45, 7) is 14.3. The lowest BCUT2D eigenvalue weighted by molar-refractivity contribution is -0.149. The quantitative estimate of drug-likeness (QED) is 0.217. The largest absolute Gasteiger partial charge is 0.480 e. The fraction of sp³-hybridized carbons (Fsp3) is 0.615. The SMILES string of the molecule is CC(C)C(C(=O)N1CCC[C@H]1C(=O)O)c1cc(OCCCN2CCCN(c3nccc(C4=NC(C)([C@@]5(C)CCCc6sc(N)c(C#N)c65)ON4)n3)[C@@H](C)C2)no1. The van der Waals surface area contributed by atoms with Crippen LogP contribution in [0.5, 0.6) is 5.88 Å². The Morgan fingerprint density at radius 3 is 2.82 bits per heavy atom. The van der Waals surface area contributed by atoms with Gasteiger partial charge in [-0.25, -0.2) is 30.1 Å². The summed E-state index contributed by atoms with van der Waals surface area (Å²) in [6.07, 6.45) is 7.22. The van der Waals surface area contributed by atoms with E-state index in [4.69, 9.17) is 29.8 Å². The summed E-state index contributed by atoms with van der Waals surface area (Å²) in [5.41, 5.74) is 9.92. The van der Waals surface area contributed by atoms with E-state index in [1.807, 2.05) is 26.8 Å². The number of likely N-dealkylation sites (tertiary alicyclic amines) is 1. The lowest BCUT2D eigenvalue weighted by Crippen LogP contribution is -2.49. The number of thiophene rings is 1. The predicted molar refractivity (Wildman–Crippen MR) is 209 cm³/mol. The third kappa shape index (κ3) is 7.41. The fourth-order valence-electron chi connectivity index (χ4n) is 8.83. The van der Waals surface area contributed by atoms with Crippen LogP contribution >= 0.6 is 11.3 Å². The van der Waals surface area contributed by atoms with E-state index in [0.717, 1.165) is 68.7 Å². The molecule has 5 atom stereocenters. The highest BCUT2D eigenvalue weighted by molar-refractivity contribution is 7.16. The van der Waals surface area contributed by atoms with Crippen LogP contribution in [0.2, 0.25) is 0 Å². The number of hydrogen-bond acceptors (Lipinski definition) is 15. The zero-order valence-corrected chi connectivity index (χ0v) is 33.6. The molecule has 0 bridgehead atoms. The molecule has 3 aliphatic heterocycles. The number of carbonyl (C=O) groups is 2. The zero-order chi connectivity index (χ0) is 39.8. The highest BCUT2D eigenvalue weighted by atomic mass is 32.1. The van der Waals surface area contributed by atoms with Gasteiger partial charge in [0.05, 0.1) is 12.2 Å². The van der Waals surface area contributed by atoms with Gasteiger partial charge in [0.2, 0.25) is 11.9 Å². The predicted octanol–water partition coefficient (Wildman–Crippen LogP) is 4.46. The molecule has 2 unspecified atom stereocenters. The topological polar surface area (TPSA) is 209 Å². The van der Waals surface area contributed by atoms with Gasteiger partial charge in [0.15, 0.2) is 17.3 Å². The molecule has 1 amide bonds. The highest BCUT2D eigenvalue weighted by Crippen LogP contribution is 2.52. The molecule has 2 fully saturated rings. The number of aliphatic imine (C=N–C) groups is 1. The number of carboxylic acids is 1. The summed E-state index contributed by atoms with van der Waals surface area (Å²) in [6, 6.07) is 5.16.